The molecule has 0 amide bonds. The number of carbonyl (C=O) groups excluding carboxylic acids is 1. The van der Waals surface area contributed by atoms with E-state index in [-0.39, 0.29) is 11.5 Å². The third-order valence-electron chi connectivity index (χ3n) is 7.21. The van der Waals surface area contributed by atoms with Crippen molar-refractivity contribution >= 4 is 5.97 Å². The maximum Gasteiger partial charge on any atom is 0.349 e. The Morgan fingerprint density at radius 3 is 2.22 bits per heavy atom. The molecule has 0 spiro atoms. The SMILES string of the molecule is CCCCCCCCOc1ccc(OC(=O)c2cnc([C@H]3CC[C@H](CCCCC)CC3)nc2F)cc1. The highest BCUT2D eigenvalue weighted by molar-refractivity contribution is 5.90. The van der Waals surface area contributed by atoms with Crippen LogP contribution in [0.2, 0.25) is 0 Å². The molecule has 2 aromatic rings. The lowest BCUT2D eigenvalue weighted by Gasteiger charge is -2.27. The molecule has 6 heteroatoms. The second-order valence-electron chi connectivity index (χ2n) is 10.1. The topological polar surface area (TPSA) is 61.3 Å². The Hall–Kier alpha value is -2.50. The molecule has 0 aliphatic heterocycles. The van der Waals surface area contributed by atoms with E-state index in [2.05, 4.69) is 23.8 Å². The smallest absolute Gasteiger partial charge is 0.349 e. The largest absolute Gasteiger partial charge is 0.494 e. The normalized spacial score (nSPS) is 17.6. The molecule has 1 aromatic heterocycles. The van der Waals surface area contributed by atoms with E-state index in [4.69, 9.17) is 9.47 Å². The van der Waals surface area contributed by atoms with Crippen molar-refractivity contribution in [1.29, 1.82) is 0 Å². The molecule has 1 heterocycles. The molecule has 0 N–H and O–H groups in total. The molecule has 1 aliphatic carbocycles. The Morgan fingerprint density at radius 2 is 1.53 bits per heavy atom. The van der Waals surface area contributed by atoms with Crippen molar-refractivity contribution in [2.45, 2.75) is 110 Å². The molecular formula is C30H43FN2O3. The predicted octanol–water partition coefficient (Wildman–Crippen LogP) is 8.43. The minimum Gasteiger partial charge on any atom is -0.494 e. The van der Waals surface area contributed by atoms with E-state index in [0.717, 1.165) is 43.8 Å². The lowest BCUT2D eigenvalue weighted by Crippen LogP contribution is -2.18. The van der Waals surface area contributed by atoms with Crippen LogP contribution >= 0.6 is 0 Å². The van der Waals surface area contributed by atoms with Gasteiger partial charge in [0.25, 0.3) is 0 Å². The van der Waals surface area contributed by atoms with Gasteiger partial charge in [0.15, 0.2) is 0 Å². The number of hydrogen-bond donors (Lipinski definition) is 0. The predicted molar refractivity (Wildman–Crippen MR) is 141 cm³/mol. The van der Waals surface area contributed by atoms with E-state index in [1.807, 2.05) is 0 Å². The number of ether oxygens (including phenoxy) is 2. The van der Waals surface area contributed by atoms with Crippen LogP contribution in [-0.4, -0.2) is 22.5 Å². The van der Waals surface area contributed by atoms with Gasteiger partial charge in [-0.25, -0.2) is 14.8 Å². The maximum atomic E-state index is 14.7. The van der Waals surface area contributed by atoms with Crippen molar-refractivity contribution in [2.24, 2.45) is 5.92 Å². The summed E-state index contributed by atoms with van der Waals surface area (Å²) in [5, 5.41) is 0. The van der Waals surface area contributed by atoms with Crippen molar-refractivity contribution < 1.29 is 18.7 Å². The fraction of sp³-hybridized carbons (Fsp3) is 0.633. The van der Waals surface area contributed by atoms with Crippen LogP contribution in [0.1, 0.15) is 126 Å². The molecule has 5 nitrogen and oxygen atoms in total. The number of rotatable bonds is 15. The van der Waals surface area contributed by atoms with Gasteiger partial charge in [-0.05, 0) is 62.3 Å². The number of benzene rings is 1. The van der Waals surface area contributed by atoms with Crippen LogP contribution in [0.5, 0.6) is 11.5 Å². The molecule has 1 aromatic carbocycles. The third kappa shape index (κ3) is 9.18. The van der Waals surface area contributed by atoms with Gasteiger partial charge < -0.3 is 9.47 Å². The summed E-state index contributed by atoms with van der Waals surface area (Å²) >= 11 is 0. The molecule has 1 fully saturated rings. The summed E-state index contributed by atoms with van der Waals surface area (Å²) in [5.74, 6) is 0.880. The van der Waals surface area contributed by atoms with Gasteiger partial charge in [-0.1, -0.05) is 71.6 Å². The number of aromatic nitrogens is 2. The Balaban J connectivity index is 1.43. The van der Waals surface area contributed by atoms with Crippen LogP contribution in [0.4, 0.5) is 4.39 Å². The Morgan fingerprint density at radius 1 is 0.889 bits per heavy atom. The monoisotopic (exact) mass is 498 g/mol. The summed E-state index contributed by atoms with van der Waals surface area (Å²) in [5.41, 5.74) is -0.240. The average Bonchev–Trinajstić information content (AvgIpc) is 2.89. The van der Waals surface area contributed by atoms with Crippen molar-refractivity contribution in [2.75, 3.05) is 6.61 Å². The molecule has 0 bridgehead atoms. The van der Waals surface area contributed by atoms with E-state index in [9.17, 15) is 9.18 Å². The molecule has 3 rings (SSSR count). The van der Waals surface area contributed by atoms with Crippen molar-refractivity contribution in [3.05, 3.63) is 47.8 Å². The zero-order chi connectivity index (χ0) is 25.6. The van der Waals surface area contributed by atoms with Crippen LogP contribution in [-0.2, 0) is 0 Å². The maximum absolute atomic E-state index is 14.7. The van der Waals surface area contributed by atoms with Crippen molar-refractivity contribution in [1.82, 2.24) is 9.97 Å². The first-order chi connectivity index (χ1) is 17.6. The average molecular weight is 499 g/mol. The quantitative estimate of drug-likeness (QED) is 0.107. The zero-order valence-corrected chi connectivity index (χ0v) is 22.1. The first kappa shape index (κ1) is 28.1. The van der Waals surface area contributed by atoms with E-state index in [1.165, 1.54) is 64.0 Å². The lowest BCUT2D eigenvalue weighted by molar-refractivity contribution is 0.0727. The molecular weight excluding hydrogens is 455 g/mol. The van der Waals surface area contributed by atoms with Gasteiger partial charge in [-0.15, -0.1) is 0 Å². The standard InChI is InChI=1S/C30H43FN2O3/c1-3-5-7-8-9-11-21-35-25-17-19-26(20-18-25)36-30(34)27-22-32-29(33-28(27)31)24-15-13-23(14-16-24)12-10-6-4-2/h17-20,22-24H,3-16,21H2,1-2H3/t23-,24-. The highest BCUT2D eigenvalue weighted by atomic mass is 19.1. The molecule has 1 aliphatic rings. The zero-order valence-electron chi connectivity index (χ0n) is 22.1. The number of carbonyl (C=O) groups is 1. The highest BCUT2D eigenvalue weighted by Gasteiger charge is 2.26. The number of hydrogen-bond acceptors (Lipinski definition) is 5. The number of nitrogens with zero attached hydrogens (tertiary/aromatic N) is 2. The van der Waals surface area contributed by atoms with Crippen LogP contribution < -0.4 is 9.47 Å². The first-order valence-electron chi connectivity index (χ1n) is 14.1. The number of halogens is 1. The van der Waals surface area contributed by atoms with Gasteiger partial charge >= 0.3 is 5.97 Å². The van der Waals surface area contributed by atoms with Crippen LogP contribution in [0, 0.1) is 11.9 Å². The second kappa shape index (κ2) is 15.6. The van der Waals surface area contributed by atoms with Gasteiger partial charge in [0.05, 0.1) is 6.61 Å². The summed E-state index contributed by atoms with van der Waals surface area (Å²) in [6, 6.07) is 6.82. The van der Waals surface area contributed by atoms with E-state index in [1.54, 1.807) is 24.3 Å². The molecule has 0 unspecified atom stereocenters. The first-order valence-corrected chi connectivity index (χ1v) is 14.1. The second-order valence-corrected chi connectivity index (χ2v) is 10.1. The lowest BCUT2D eigenvalue weighted by atomic mass is 9.79. The Bertz CT molecular complexity index is 911. The molecule has 0 saturated heterocycles. The summed E-state index contributed by atoms with van der Waals surface area (Å²) in [4.78, 5) is 20.9. The van der Waals surface area contributed by atoms with Crippen LogP contribution in [0.25, 0.3) is 0 Å². The van der Waals surface area contributed by atoms with E-state index < -0.39 is 11.9 Å². The fourth-order valence-electron chi connectivity index (χ4n) is 4.94. The molecule has 198 valence electrons. The Kier molecular flexibility index (Phi) is 12.1. The van der Waals surface area contributed by atoms with Crippen LogP contribution in [0.15, 0.2) is 30.5 Å². The van der Waals surface area contributed by atoms with Gasteiger partial charge in [-0.3, -0.25) is 0 Å². The van der Waals surface area contributed by atoms with Gasteiger partial charge in [0.1, 0.15) is 22.9 Å². The van der Waals surface area contributed by atoms with E-state index in [0.29, 0.717) is 18.2 Å². The van der Waals surface area contributed by atoms with Gasteiger partial charge in [0.2, 0.25) is 5.95 Å². The summed E-state index contributed by atoms with van der Waals surface area (Å²) in [6.07, 6.45) is 17.9. The Labute approximate surface area is 216 Å². The van der Waals surface area contributed by atoms with Crippen molar-refractivity contribution in [3.63, 3.8) is 0 Å². The highest BCUT2D eigenvalue weighted by Crippen LogP contribution is 2.36. The van der Waals surface area contributed by atoms with Crippen molar-refractivity contribution in [3.8, 4) is 11.5 Å². The third-order valence-corrected chi connectivity index (χ3v) is 7.21. The molecule has 0 atom stereocenters. The van der Waals surface area contributed by atoms with Gasteiger partial charge in [-0.2, -0.15) is 4.39 Å². The molecule has 0 radical (unpaired) electrons. The van der Waals surface area contributed by atoms with Gasteiger partial charge in [0, 0.05) is 12.1 Å². The summed E-state index contributed by atoms with van der Waals surface area (Å²) in [7, 11) is 0. The fourth-order valence-corrected chi connectivity index (χ4v) is 4.94. The summed E-state index contributed by atoms with van der Waals surface area (Å²) in [6.45, 7) is 5.11. The summed E-state index contributed by atoms with van der Waals surface area (Å²) < 4.78 is 25.8. The minimum absolute atomic E-state index is 0.163. The number of esters is 1. The minimum atomic E-state index is -0.811. The van der Waals surface area contributed by atoms with Crippen LogP contribution in [0.3, 0.4) is 0 Å². The van der Waals surface area contributed by atoms with E-state index >= 15 is 0 Å². The molecule has 1 saturated carbocycles. The molecule has 36 heavy (non-hydrogen) atoms. The number of unbranched alkanes of at least 4 members (excludes halogenated alkanes) is 7.